The Morgan fingerprint density at radius 2 is 1.91 bits per heavy atom. The molecule has 3 aromatic rings. The molecule has 32 heavy (non-hydrogen) atoms. The van der Waals surface area contributed by atoms with Gasteiger partial charge in [-0.1, -0.05) is 0 Å². The zero-order valence-electron chi connectivity index (χ0n) is 18.5. The Morgan fingerprint density at radius 1 is 1.09 bits per heavy atom. The first-order chi connectivity index (χ1) is 15.7. The standard InChI is InChI=1S/C23H31FN8/c1-32-21(8-15-2-3-15)19(13-30-32)22-20(24)14-27-23(31-22)26-9-16-4-6-18(7-5-16)25-10-17-11-28-29-12-17/h11-16,18,25H,2-10H2,1H3,(H,28,29)(H,26,27,31). The van der Waals surface area contributed by atoms with Crippen molar-refractivity contribution in [1.82, 2.24) is 35.3 Å². The van der Waals surface area contributed by atoms with Crippen LogP contribution in [0.4, 0.5) is 10.3 Å². The molecule has 0 radical (unpaired) electrons. The van der Waals surface area contributed by atoms with E-state index in [9.17, 15) is 4.39 Å². The molecule has 5 rings (SSSR count). The largest absolute Gasteiger partial charge is 0.354 e. The number of rotatable bonds is 9. The molecular formula is C23H31FN8. The van der Waals surface area contributed by atoms with Crippen molar-refractivity contribution in [1.29, 1.82) is 0 Å². The van der Waals surface area contributed by atoms with E-state index in [0.717, 1.165) is 56.5 Å². The second kappa shape index (κ2) is 9.36. The molecule has 2 saturated carbocycles. The molecule has 2 aliphatic rings. The summed E-state index contributed by atoms with van der Waals surface area (Å²) in [6.45, 7) is 1.66. The second-order valence-corrected chi connectivity index (χ2v) is 9.25. The van der Waals surface area contributed by atoms with Crippen molar-refractivity contribution in [3.05, 3.63) is 41.9 Å². The van der Waals surface area contributed by atoms with E-state index in [1.807, 2.05) is 24.1 Å². The second-order valence-electron chi connectivity index (χ2n) is 9.25. The summed E-state index contributed by atoms with van der Waals surface area (Å²) in [5.74, 6) is 1.35. The van der Waals surface area contributed by atoms with Crippen molar-refractivity contribution in [2.45, 2.75) is 57.5 Å². The van der Waals surface area contributed by atoms with Crippen LogP contribution in [0, 0.1) is 17.7 Å². The molecule has 0 amide bonds. The molecule has 3 heterocycles. The lowest BCUT2D eigenvalue weighted by Crippen LogP contribution is -2.34. The summed E-state index contributed by atoms with van der Waals surface area (Å²) in [6, 6.07) is 0.547. The highest BCUT2D eigenvalue weighted by atomic mass is 19.1. The van der Waals surface area contributed by atoms with E-state index in [1.165, 1.54) is 24.6 Å². The van der Waals surface area contributed by atoms with E-state index in [4.69, 9.17) is 0 Å². The van der Waals surface area contributed by atoms with Crippen LogP contribution in [0.25, 0.3) is 11.3 Å². The Hall–Kier alpha value is -2.81. The van der Waals surface area contributed by atoms with Crippen LogP contribution in [0.3, 0.4) is 0 Å². The maximum atomic E-state index is 14.6. The van der Waals surface area contributed by atoms with Gasteiger partial charge in [-0.3, -0.25) is 9.78 Å². The van der Waals surface area contributed by atoms with Gasteiger partial charge < -0.3 is 10.6 Å². The van der Waals surface area contributed by atoms with E-state index in [0.29, 0.717) is 29.5 Å². The highest BCUT2D eigenvalue weighted by molar-refractivity contribution is 5.63. The fourth-order valence-electron chi connectivity index (χ4n) is 4.58. The van der Waals surface area contributed by atoms with Crippen LogP contribution in [0.15, 0.2) is 24.8 Å². The summed E-state index contributed by atoms with van der Waals surface area (Å²) in [6.07, 6.45) is 14.8. The Labute approximate surface area is 187 Å². The predicted molar refractivity (Wildman–Crippen MR) is 120 cm³/mol. The molecule has 0 bridgehead atoms. The van der Waals surface area contributed by atoms with Crippen LogP contribution in [0.1, 0.15) is 49.8 Å². The lowest BCUT2D eigenvalue weighted by atomic mass is 9.86. The van der Waals surface area contributed by atoms with Gasteiger partial charge in [-0.15, -0.1) is 0 Å². The van der Waals surface area contributed by atoms with E-state index < -0.39 is 5.82 Å². The third kappa shape index (κ3) is 4.98. The van der Waals surface area contributed by atoms with E-state index >= 15 is 0 Å². The summed E-state index contributed by atoms with van der Waals surface area (Å²) in [5, 5.41) is 18.2. The van der Waals surface area contributed by atoms with Crippen molar-refractivity contribution < 1.29 is 4.39 Å². The normalized spacial score (nSPS) is 21.1. The van der Waals surface area contributed by atoms with Crippen molar-refractivity contribution in [2.75, 3.05) is 11.9 Å². The van der Waals surface area contributed by atoms with Crippen molar-refractivity contribution in [3.8, 4) is 11.3 Å². The van der Waals surface area contributed by atoms with Gasteiger partial charge in [0.2, 0.25) is 5.95 Å². The number of hydrogen-bond acceptors (Lipinski definition) is 6. The molecule has 2 fully saturated rings. The van der Waals surface area contributed by atoms with E-state index in [1.54, 1.807) is 6.20 Å². The first kappa shape index (κ1) is 21.1. The maximum Gasteiger partial charge on any atom is 0.223 e. The van der Waals surface area contributed by atoms with Gasteiger partial charge in [-0.25, -0.2) is 14.4 Å². The quantitative estimate of drug-likeness (QED) is 0.474. The molecule has 0 aliphatic heterocycles. The molecule has 0 saturated heterocycles. The molecule has 2 aliphatic carbocycles. The van der Waals surface area contributed by atoms with E-state index in [2.05, 4.69) is 35.9 Å². The van der Waals surface area contributed by atoms with Crippen molar-refractivity contribution in [2.24, 2.45) is 18.9 Å². The summed E-state index contributed by atoms with van der Waals surface area (Å²) in [5.41, 5.74) is 3.37. The lowest BCUT2D eigenvalue weighted by molar-refractivity contribution is 0.300. The number of halogens is 1. The molecule has 8 nitrogen and oxygen atoms in total. The number of anilines is 1. The number of nitrogens with zero attached hydrogens (tertiary/aromatic N) is 5. The van der Waals surface area contributed by atoms with Gasteiger partial charge in [0.25, 0.3) is 0 Å². The van der Waals surface area contributed by atoms with Crippen molar-refractivity contribution in [3.63, 3.8) is 0 Å². The third-order valence-electron chi connectivity index (χ3n) is 6.79. The highest BCUT2D eigenvalue weighted by Gasteiger charge is 2.26. The van der Waals surface area contributed by atoms with Gasteiger partial charge in [0, 0.05) is 49.2 Å². The topological polar surface area (TPSA) is 96.3 Å². The minimum absolute atomic E-state index is 0.346. The Morgan fingerprint density at radius 3 is 2.66 bits per heavy atom. The summed E-state index contributed by atoms with van der Waals surface area (Å²) in [7, 11) is 1.92. The van der Waals surface area contributed by atoms with Gasteiger partial charge in [-0.2, -0.15) is 10.2 Å². The van der Waals surface area contributed by atoms with Gasteiger partial charge in [0.1, 0.15) is 5.69 Å². The SMILES string of the molecule is Cn1ncc(-c2nc(NCC3CCC(NCc4cn[nH]c4)CC3)ncc2F)c1CC1CC1. The van der Waals surface area contributed by atoms with Crippen LogP contribution in [0.5, 0.6) is 0 Å². The monoisotopic (exact) mass is 438 g/mol. The minimum Gasteiger partial charge on any atom is -0.354 e. The van der Waals surface area contributed by atoms with Crippen LogP contribution in [-0.4, -0.2) is 42.5 Å². The number of nitrogens with one attached hydrogen (secondary N) is 3. The third-order valence-corrected chi connectivity index (χ3v) is 6.79. The Kier molecular flexibility index (Phi) is 6.16. The number of H-pyrrole nitrogens is 1. The summed E-state index contributed by atoms with van der Waals surface area (Å²) < 4.78 is 16.5. The van der Waals surface area contributed by atoms with Crippen LogP contribution >= 0.6 is 0 Å². The molecule has 0 spiro atoms. The molecule has 9 heteroatoms. The van der Waals surface area contributed by atoms with Gasteiger partial charge in [0.15, 0.2) is 5.82 Å². The molecule has 0 unspecified atom stereocenters. The fourth-order valence-corrected chi connectivity index (χ4v) is 4.58. The van der Waals surface area contributed by atoms with E-state index in [-0.39, 0.29) is 0 Å². The predicted octanol–water partition coefficient (Wildman–Crippen LogP) is 3.45. The smallest absolute Gasteiger partial charge is 0.223 e. The first-order valence-electron chi connectivity index (χ1n) is 11.6. The fraction of sp³-hybridized carbons (Fsp3) is 0.565. The zero-order chi connectivity index (χ0) is 21.9. The Balaban J connectivity index is 1.16. The van der Waals surface area contributed by atoms with Gasteiger partial charge in [-0.05, 0) is 56.8 Å². The van der Waals surface area contributed by atoms with Gasteiger partial charge in [0.05, 0.1) is 18.6 Å². The Bertz CT molecular complexity index is 1020. The molecular weight excluding hydrogens is 407 g/mol. The van der Waals surface area contributed by atoms with Crippen molar-refractivity contribution >= 4 is 5.95 Å². The number of aromatic amines is 1. The summed E-state index contributed by atoms with van der Waals surface area (Å²) >= 11 is 0. The van der Waals surface area contributed by atoms with Gasteiger partial charge >= 0.3 is 0 Å². The molecule has 0 aromatic carbocycles. The minimum atomic E-state index is -0.398. The van der Waals surface area contributed by atoms with Crippen LogP contribution < -0.4 is 10.6 Å². The maximum absolute atomic E-state index is 14.6. The summed E-state index contributed by atoms with van der Waals surface area (Å²) in [4.78, 5) is 8.72. The zero-order valence-corrected chi connectivity index (χ0v) is 18.5. The van der Waals surface area contributed by atoms with Crippen LogP contribution in [-0.2, 0) is 20.0 Å². The van der Waals surface area contributed by atoms with Crippen LogP contribution in [0.2, 0.25) is 0 Å². The number of hydrogen-bond donors (Lipinski definition) is 3. The molecule has 3 aromatic heterocycles. The highest BCUT2D eigenvalue weighted by Crippen LogP contribution is 2.36. The number of aryl methyl sites for hydroxylation is 1. The average molecular weight is 439 g/mol. The molecule has 3 N–H and O–H groups in total. The molecule has 170 valence electrons. The first-order valence-corrected chi connectivity index (χ1v) is 11.6. The number of aromatic nitrogens is 6. The molecule has 0 atom stereocenters. The average Bonchev–Trinajstić information content (AvgIpc) is 3.34. The lowest BCUT2D eigenvalue weighted by Gasteiger charge is -2.29.